The first kappa shape index (κ1) is 20.2. The molecule has 0 saturated heterocycles. The summed E-state index contributed by atoms with van der Waals surface area (Å²) in [5, 5.41) is 5.68. The molecule has 0 fully saturated rings. The molecule has 5 heteroatoms. The quantitative estimate of drug-likeness (QED) is 0.562. The van der Waals surface area contributed by atoms with Crippen molar-refractivity contribution in [3.05, 3.63) is 35.4 Å². The zero-order chi connectivity index (χ0) is 17.9. The molecule has 0 spiro atoms. The molecule has 0 bridgehead atoms. The summed E-state index contributed by atoms with van der Waals surface area (Å²) in [6.07, 6.45) is 4.63. The molecule has 1 aromatic carbocycles. The Morgan fingerprint density at radius 2 is 1.83 bits per heavy atom. The molecule has 0 heterocycles. The number of nitrogens with one attached hydrogen (secondary N) is 3. The van der Waals surface area contributed by atoms with E-state index in [2.05, 4.69) is 24.5 Å². The van der Waals surface area contributed by atoms with Gasteiger partial charge in [-0.2, -0.15) is 0 Å². The second-order valence-corrected chi connectivity index (χ2v) is 6.55. The Hall–Kier alpha value is -1.88. The van der Waals surface area contributed by atoms with E-state index >= 15 is 0 Å². The van der Waals surface area contributed by atoms with Crippen molar-refractivity contribution < 1.29 is 14.5 Å². The molecule has 3 N–H and O–H groups in total. The van der Waals surface area contributed by atoms with Gasteiger partial charge in [0.2, 0.25) is 0 Å². The lowest BCUT2D eigenvalue weighted by Crippen LogP contribution is -3.09. The van der Waals surface area contributed by atoms with Crippen molar-refractivity contribution in [3.8, 4) is 0 Å². The van der Waals surface area contributed by atoms with Gasteiger partial charge in [0.1, 0.15) is 6.54 Å². The SMILES string of the molecule is CCCCC[C@@H](C)NC(=O)C[NH+](C)Cc1ccc(C(=O)NC)cc1. The highest BCUT2D eigenvalue weighted by Gasteiger charge is 2.13. The molecule has 2 amide bonds. The van der Waals surface area contributed by atoms with Gasteiger partial charge < -0.3 is 15.5 Å². The van der Waals surface area contributed by atoms with Gasteiger partial charge in [-0.15, -0.1) is 0 Å². The fraction of sp³-hybridized carbons (Fsp3) is 0.579. The van der Waals surface area contributed by atoms with Crippen LogP contribution < -0.4 is 15.5 Å². The number of carbonyl (C=O) groups excluding carboxylic acids is 2. The van der Waals surface area contributed by atoms with Gasteiger partial charge >= 0.3 is 0 Å². The molecule has 0 radical (unpaired) electrons. The van der Waals surface area contributed by atoms with Crippen LogP contribution in [0.25, 0.3) is 0 Å². The van der Waals surface area contributed by atoms with Gasteiger partial charge in [-0.1, -0.05) is 38.3 Å². The molecule has 1 rings (SSSR count). The van der Waals surface area contributed by atoms with Crippen LogP contribution >= 0.6 is 0 Å². The maximum Gasteiger partial charge on any atom is 0.275 e. The summed E-state index contributed by atoms with van der Waals surface area (Å²) in [6.45, 7) is 5.46. The molecule has 1 aromatic rings. The second-order valence-electron chi connectivity index (χ2n) is 6.55. The number of carbonyl (C=O) groups is 2. The van der Waals surface area contributed by atoms with E-state index in [0.29, 0.717) is 12.1 Å². The van der Waals surface area contributed by atoms with Crippen molar-refractivity contribution in [2.45, 2.75) is 52.1 Å². The smallest absolute Gasteiger partial charge is 0.275 e. The van der Waals surface area contributed by atoms with Crippen LogP contribution in [-0.2, 0) is 11.3 Å². The first-order valence-corrected chi connectivity index (χ1v) is 8.88. The standard InChI is InChI=1S/C19H31N3O2/c1-5-6-7-8-15(2)21-18(23)14-22(4)13-16-9-11-17(12-10-16)19(24)20-3/h9-12,15H,5-8,13-14H2,1-4H3,(H,20,24)(H,21,23)/p+1/t15-/m1/s1. The summed E-state index contributed by atoms with van der Waals surface area (Å²) in [5.74, 6) is 0.0113. The van der Waals surface area contributed by atoms with E-state index in [1.54, 1.807) is 7.05 Å². The van der Waals surface area contributed by atoms with Crippen LogP contribution in [0.4, 0.5) is 0 Å². The van der Waals surface area contributed by atoms with Crippen LogP contribution in [0.2, 0.25) is 0 Å². The van der Waals surface area contributed by atoms with E-state index in [1.165, 1.54) is 19.3 Å². The van der Waals surface area contributed by atoms with Gasteiger partial charge in [-0.3, -0.25) is 9.59 Å². The Morgan fingerprint density at radius 3 is 2.42 bits per heavy atom. The number of rotatable bonds is 10. The Kier molecular flexibility index (Phi) is 9.08. The highest BCUT2D eigenvalue weighted by molar-refractivity contribution is 5.93. The normalized spacial score (nSPS) is 13.2. The number of hydrogen-bond donors (Lipinski definition) is 3. The fourth-order valence-corrected chi connectivity index (χ4v) is 2.70. The van der Waals surface area contributed by atoms with Gasteiger partial charge in [0.25, 0.3) is 11.8 Å². The summed E-state index contributed by atoms with van der Waals surface area (Å²) in [7, 11) is 3.63. The van der Waals surface area contributed by atoms with Crippen LogP contribution in [0.5, 0.6) is 0 Å². The van der Waals surface area contributed by atoms with E-state index in [1.807, 2.05) is 31.3 Å². The third kappa shape index (κ3) is 7.59. The lowest BCUT2D eigenvalue weighted by molar-refractivity contribution is -0.885. The Balaban J connectivity index is 2.38. The number of quaternary nitrogens is 1. The van der Waals surface area contributed by atoms with Crippen molar-refractivity contribution in [1.29, 1.82) is 0 Å². The van der Waals surface area contributed by atoms with E-state index in [4.69, 9.17) is 0 Å². The summed E-state index contributed by atoms with van der Waals surface area (Å²) < 4.78 is 0. The van der Waals surface area contributed by atoms with Crippen molar-refractivity contribution >= 4 is 11.8 Å². The Bertz CT molecular complexity index is 514. The first-order chi connectivity index (χ1) is 11.5. The van der Waals surface area contributed by atoms with Crippen molar-refractivity contribution in [2.24, 2.45) is 0 Å². The summed E-state index contributed by atoms with van der Waals surface area (Å²) in [4.78, 5) is 24.7. The predicted molar refractivity (Wildman–Crippen MR) is 97.0 cm³/mol. The number of unbranched alkanes of at least 4 members (excludes halogenated alkanes) is 2. The zero-order valence-electron chi connectivity index (χ0n) is 15.4. The monoisotopic (exact) mass is 334 g/mol. The third-order valence-corrected chi connectivity index (χ3v) is 4.06. The van der Waals surface area contributed by atoms with Gasteiger partial charge in [0.05, 0.1) is 7.05 Å². The van der Waals surface area contributed by atoms with Crippen LogP contribution in [0.1, 0.15) is 55.5 Å². The van der Waals surface area contributed by atoms with Crippen LogP contribution in [0.3, 0.4) is 0 Å². The molecule has 24 heavy (non-hydrogen) atoms. The van der Waals surface area contributed by atoms with Crippen LogP contribution in [0.15, 0.2) is 24.3 Å². The largest absolute Gasteiger partial charge is 0.355 e. The molecule has 2 atom stereocenters. The maximum atomic E-state index is 12.1. The molecule has 134 valence electrons. The van der Waals surface area contributed by atoms with E-state index in [-0.39, 0.29) is 17.9 Å². The topological polar surface area (TPSA) is 62.6 Å². The molecule has 1 unspecified atom stereocenters. The Labute approximate surface area is 145 Å². The highest BCUT2D eigenvalue weighted by atomic mass is 16.2. The molecule has 0 aliphatic carbocycles. The minimum Gasteiger partial charge on any atom is -0.355 e. The molecular formula is C19H32N3O2+. The number of hydrogen-bond acceptors (Lipinski definition) is 2. The number of likely N-dealkylation sites (N-methyl/N-ethyl adjacent to an activating group) is 1. The summed E-state index contributed by atoms with van der Waals surface area (Å²) in [5.41, 5.74) is 1.77. The van der Waals surface area contributed by atoms with Gasteiger partial charge in [0, 0.05) is 24.2 Å². The molecule has 0 saturated carbocycles. The molecular weight excluding hydrogens is 302 g/mol. The lowest BCUT2D eigenvalue weighted by atomic mass is 10.1. The first-order valence-electron chi connectivity index (χ1n) is 8.88. The van der Waals surface area contributed by atoms with Crippen molar-refractivity contribution in [3.63, 3.8) is 0 Å². The van der Waals surface area contributed by atoms with Gasteiger partial charge in [-0.25, -0.2) is 0 Å². The fourth-order valence-electron chi connectivity index (χ4n) is 2.70. The third-order valence-electron chi connectivity index (χ3n) is 4.06. The average Bonchev–Trinajstić information content (AvgIpc) is 2.54. The predicted octanol–water partition coefficient (Wildman–Crippen LogP) is 1.15. The van der Waals surface area contributed by atoms with Gasteiger partial charge in [0.15, 0.2) is 6.54 Å². The Morgan fingerprint density at radius 1 is 1.17 bits per heavy atom. The van der Waals surface area contributed by atoms with E-state index in [9.17, 15) is 9.59 Å². The highest BCUT2D eigenvalue weighted by Crippen LogP contribution is 2.03. The molecule has 0 aliphatic rings. The van der Waals surface area contributed by atoms with Crippen molar-refractivity contribution in [2.75, 3.05) is 20.6 Å². The van der Waals surface area contributed by atoms with E-state index in [0.717, 1.165) is 23.4 Å². The summed E-state index contributed by atoms with van der Waals surface area (Å²) in [6, 6.07) is 7.76. The maximum absolute atomic E-state index is 12.1. The number of benzene rings is 1. The molecule has 5 nitrogen and oxygen atoms in total. The summed E-state index contributed by atoms with van der Waals surface area (Å²) >= 11 is 0. The number of amides is 2. The minimum atomic E-state index is -0.0845. The van der Waals surface area contributed by atoms with Crippen molar-refractivity contribution in [1.82, 2.24) is 10.6 Å². The van der Waals surface area contributed by atoms with Gasteiger partial charge in [-0.05, 0) is 25.5 Å². The van der Waals surface area contributed by atoms with Crippen LogP contribution in [-0.4, -0.2) is 38.5 Å². The minimum absolute atomic E-state index is 0.0845. The lowest BCUT2D eigenvalue weighted by Gasteiger charge is -2.17. The van der Waals surface area contributed by atoms with E-state index < -0.39 is 0 Å². The molecule has 0 aromatic heterocycles. The second kappa shape index (κ2) is 10.8. The van der Waals surface area contributed by atoms with Crippen LogP contribution in [0, 0.1) is 0 Å². The average molecular weight is 334 g/mol. The molecule has 0 aliphatic heterocycles. The zero-order valence-corrected chi connectivity index (χ0v) is 15.4.